The SMILES string of the molecule is CCC/C=C/COC(=O)CCCCCCCNCCO. The summed E-state index contributed by atoms with van der Waals surface area (Å²) in [4.78, 5) is 11.4. The zero-order chi connectivity index (χ0) is 14.9. The van der Waals surface area contributed by atoms with Gasteiger partial charge in [-0.1, -0.05) is 44.8 Å². The van der Waals surface area contributed by atoms with Gasteiger partial charge in [0.1, 0.15) is 6.61 Å². The van der Waals surface area contributed by atoms with Crippen molar-refractivity contribution in [2.75, 3.05) is 26.3 Å². The molecule has 0 bridgehead atoms. The molecule has 0 aromatic rings. The summed E-state index contributed by atoms with van der Waals surface area (Å²) in [6.07, 6.45) is 12.1. The molecule has 0 fully saturated rings. The number of nitrogens with one attached hydrogen (secondary N) is 1. The van der Waals surface area contributed by atoms with Crippen LogP contribution in [-0.4, -0.2) is 37.4 Å². The van der Waals surface area contributed by atoms with Crippen molar-refractivity contribution >= 4 is 5.97 Å². The predicted octanol–water partition coefficient (Wildman–Crippen LogP) is 2.81. The van der Waals surface area contributed by atoms with Gasteiger partial charge in [0.25, 0.3) is 0 Å². The lowest BCUT2D eigenvalue weighted by atomic mass is 10.1. The molecule has 0 saturated heterocycles. The van der Waals surface area contributed by atoms with Crippen LogP contribution in [0, 0.1) is 0 Å². The van der Waals surface area contributed by atoms with E-state index in [-0.39, 0.29) is 12.6 Å². The number of ether oxygens (including phenoxy) is 1. The fraction of sp³-hybridized carbons (Fsp3) is 0.812. The Morgan fingerprint density at radius 1 is 1.10 bits per heavy atom. The highest BCUT2D eigenvalue weighted by molar-refractivity contribution is 5.69. The lowest BCUT2D eigenvalue weighted by Gasteiger charge is -2.03. The molecular formula is C16H31NO3. The lowest BCUT2D eigenvalue weighted by Crippen LogP contribution is -2.19. The van der Waals surface area contributed by atoms with Gasteiger partial charge in [0.05, 0.1) is 6.61 Å². The van der Waals surface area contributed by atoms with Crippen LogP contribution in [-0.2, 0) is 9.53 Å². The van der Waals surface area contributed by atoms with E-state index >= 15 is 0 Å². The molecule has 0 aromatic heterocycles. The van der Waals surface area contributed by atoms with Crippen LogP contribution in [0.1, 0.15) is 58.3 Å². The van der Waals surface area contributed by atoms with E-state index in [4.69, 9.17) is 9.84 Å². The maximum Gasteiger partial charge on any atom is 0.306 e. The summed E-state index contributed by atoms with van der Waals surface area (Å²) in [6, 6.07) is 0. The zero-order valence-corrected chi connectivity index (χ0v) is 12.9. The van der Waals surface area contributed by atoms with E-state index in [1.165, 1.54) is 6.42 Å². The molecule has 0 unspecified atom stereocenters. The maximum atomic E-state index is 11.4. The van der Waals surface area contributed by atoms with Crippen molar-refractivity contribution in [3.8, 4) is 0 Å². The Morgan fingerprint density at radius 3 is 2.60 bits per heavy atom. The van der Waals surface area contributed by atoms with Crippen LogP contribution in [0.4, 0.5) is 0 Å². The fourth-order valence-electron chi connectivity index (χ4n) is 1.82. The predicted molar refractivity (Wildman–Crippen MR) is 82.7 cm³/mol. The number of hydrogen-bond donors (Lipinski definition) is 2. The highest BCUT2D eigenvalue weighted by Crippen LogP contribution is 2.05. The van der Waals surface area contributed by atoms with Gasteiger partial charge in [-0.25, -0.2) is 0 Å². The normalized spacial score (nSPS) is 11.1. The number of rotatable bonds is 14. The Bertz CT molecular complexity index is 242. The second-order valence-corrected chi connectivity index (χ2v) is 4.93. The Hall–Kier alpha value is -0.870. The first-order valence-corrected chi connectivity index (χ1v) is 7.93. The molecule has 0 amide bonds. The maximum absolute atomic E-state index is 11.4. The topological polar surface area (TPSA) is 58.6 Å². The molecule has 0 saturated carbocycles. The van der Waals surface area contributed by atoms with E-state index in [1.807, 2.05) is 6.08 Å². The average molecular weight is 285 g/mol. The van der Waals surface area contributed by atoms with Crippen molar-refractivity contribution in [2.45, 2.75) is 58.3 Å². The summed E-state index contributed by atoms with van der Waals surface area (Å²) >= 11 is 0. The van der Waals surface area contributed by atoms with Crippen LogP contribution in [0.5, 0.6) is 0 Å². The van der Waals surface area contributed by atoms with E-state index in [0.717, 1.165) is 45.1 Å². The van der Waals surface area contributed by atoms with E-state index in [0.29, 0.717) is 19.6 Å². The van der Waals surface area contributed by atoms with Crippen LogP contribution in [0.2, 0.25) is 0 Å². The minimum absolute atomic E-state index is 0.0873. The summed E-state index contributed by atoms with van der Waals surface area (Å²) in [7, 11) is 0. The molecular weight excluding hydrogens is 254 g/mol. The van der Waals surface area contributed by atoms with Gasteiger partial charge in [-0.2, -0.15) is 0 Å². The Morgan fingerprint density at radius 2 is 1.85 bits per heavy atom. The molecule has 0 rings (SSSR count). The van der Waals surface area contributed by atoms with Crippen molar-refractivity contribution < 1.29 is 14.6 Å². The Labute approximate surface area is 123 Å². The lowest BCUT2D eigenvalue weighted by molar-refractivity contribution is -0.142. The molecule has 0 atom stereocenters. The monoisotopic (exact) mass is 285 g/mol. The van der Waals surface area contributed by atoms with E-state index in [1.54, 1.807) is 0 Å². The number of carbonyl (C=O) groups is 1. The molecule has 4 nitrogen and oxygen atoms in total. The summed E-state index contributed by atoms with van der Waals surface area (Å²) in [6.45, 7) is 4.38. The minimum Gasteiger partial charge on any atom is -0.461 e. The second-order valence-electron chi connectivity index (χ2n) is 4.93. The largest absolute Gasteiger partial charge is 0.461 e. The molecule has 0 spiro atoms. The second kappa shape index (κ2) is 16.2. The number of aliphatic hydroxyl groups excluding tert-OH is 1. The van der Waals surface area contributed by atoms with Gasteiger partial charge in [-0.3, -0.25) is 4.79 Å². The zero-order valence-electron chi connectivity index (χ0n) is 12.9. The van der Waals surface area contributed by atoms with Crippen LogP contribution >= 0.6 is 0 Å². The third-order valence-corrected chi connectivity index (χ3v) is 2.99. The number of carbonyl (C=O) groups excluding carboxylic acids is 1. The van der Waals surface area contributed by atoms with Gasteiger partial charge in [-0.05, 0) is 25.8 Å². The van der Waals surface area contributed by atoms with Crippen molar-refractivity contribution in [1.82, 2.24) is 5.32 Å². The standard InChI is InChI=1S/C16H31NO3/c1-2-3-4-10-15-20-16(19)11-8-6-5-7-9-12-17-13-14-18/h4,10,17-18H,2-3,5-9,11-15H2,1H3/b10-4+. The van der Waals surface area contributed by atoms with Gasteiger partial charge in [0.2, 0.25) is 0 Å². The molecule has 0 heterocycles. The molecule has 118 valence electrons. The minimum atomic E-state index is -0.0873. The summed E-state index contributed by atoms with van der Waals surface area (Å²) < 4.78 is 5.10. The first-order chi connectivity index (χ1) is 9.81. The molecule has 20 heavy (non-hydrogen) atoms. The molecule has 4 heteroatoms. The van der Waals surface area contributed by atoms with E-state index in [2.05, 4.69) is 18.3 Å². The first kappa shape index (κ1) is 19.1. The van der Waals surface area contributed by atoms with Crippen molar-refractivity contribution in [1.29, 1.82) is 0 Å². The Kier molecular flexibility index (Phi) is 15.5. The molecule has 2 N–H and O–H groups in total. The highest BCUT2D eigenvalue weighted by Gasteiger charge is 2.00. The van der Waals surface area contributed by atoms with Gasteiger partial charge in [0, 0.05) is 13.0 Å². The summed E-state index contributed by atoms with van der Waals surface area (Å²) in [5.74, 6) is -0.0873. The average Bonchev–Trinajstić information content (AvgIpc) is 2.45. The van der Waals surface area contributed by atoms with Crippen molar-refractivity contribution in [2.24, 2.45) is 0 Å². The number of allylic oxidation sites excluding steroid dienone is 1. The van der Waals surface area contributed by atoms with Gasteiger partial charge < -0.3 is 15.2 Å². The quantitative estimate of drug-likeness (QED) is 0.293. The van der Waals surface area contributed by atoms with E-state index in [9.17, 15) is 4.79 Å². The van der Waals surface area contributed by atoms with Gasteiger partial charge in [0.15, 0.2) is 0 Å². The van der Waals surface area contributed by atoms with Crippen LogP contribution < -0.4 is 5.32 Å². The number of hydrogen-bond acceptors (Lipinski definition) is 4. The molecule has 0 aliphatic rings. The number of esters is 1. The molecule has 0 radical (unpaired) electrons. The van der Waals surface area contributed by atoms with E-state index < -0.39 is 0 Å². The van der Waals surface area contributed by atoms with Crippen molar-refractivity contribution in [3.05, 3.63) is 12.2 Å². The molecule has 0 aromatic carbocycles. The van der Waals surface area contributed by atoms with Crippen LogP contribution in [0.15, 0.2) is 12.2 Å². The smallest absolute Gasteiger partial charge is 0.306 e. The highest BCUT2D eigenvalue weighted by atomic mass is 16.5. The molecule has 0 aliphatic carbocycles. The third kappa shape index (κ3) is 15.2. The van der Waals surface area contributed by atoms with Gasteiger partial charge in [-0.15, -0.1) is 0 Å². The number of aliphatic hydroxyl groups is 1. The molecule has 0 aliphatic heterocycles. The Balaban J connectivity index is 3.19. The summed E-state index contributed by atoms with van der Waals surface area (Å²) in [5.41, 5.74) is 0. The van der Waals surface area contributed by atoms with Crippen LogP contribution in [0.25, 0.3) is 0 Å². The van der Waals surface area contributed by atoms with Crippen molar-refractivity contribution in [3.63, 3.8) is 0 Å². The first-order valence-electron chi connectivity index (χ1n) is 7.93. The third-order valence-electron chi connectivity index (χ3n) is 2.99. The number of unbranched alkanes of at least 4 members (excludes halogenated alkanes) is 5. The summed E-state index contributed by atoms with van der Waals surface area (Å²) in [5, 5.41) is 11.7. The fourth-order valence-corrected chi connectivity index (χ4v) is 1.82. The van der Waals surface area contributed by atoms with Crippen LogP contribution in [0.3, 0.4) is 0 Å². The van der Waals surface area contributed by atoms with Gasteiger partial charge >= 0.3 is 5.97 Å².